The number of halogens is 3. The van der Waals surface area contributed by atoms with Gasteiger partial charge in [0.2, 0.25) is 0 Å². The fourth-order valence-corrected chi connectivity index (χ4v) is 3.47. The van der Waals surface area contributed by atoms with E-state index in [9.17, 15) is 23.1 Å². The van der Waals surface area contributed by atoms with E-state index in [1.165, 1.54) is 0 Å². The number of ether oxygens (including phenoxy) is 1. The molecule has 1 aromatic carbocycles. The molecule has 1 saturated carbocycles. The number of carbonyl (C=O) groups excluding carboxylic acids is 1. The van der Waals surface area contributed by atoms with Gasteiger partial charge in [0.25, 0.3) is 11.6 Å². The van der Waals surface area contributed by atoms with Crippen molar-refractivity contribution in [2.45, 2.75) is 51.4 Å². The molecule has 5 nitrogen and oxygen atoms in total. The van der Waals surface area contributed by atoms with Crippen LogP contribution in [0.15, 0.2) is 23.3 Å². The molecule has 0 saturated heterocycles. The molecule has 1 fully saturated rings. The topological polar surface area (TPSA) is 62.1 Å². The molecule has 2 aliphatic rings. The van der Waals surface area contributed by atoms with Crippen LogP contribution in [0.5, 0.6) is 5.75 Å². The summed E-state index contributed by atoms with van der Waals surface area (Å²) in [6.07, 6.45) is -3.24. The Balaban J connectivity index is 1.80. The van der Waals surface area contributed by atoms with Crippen molar-refractivity contribution in [3.63, 3.8) is 0 Å². The second-order valence-corrected chi connectivity index (χ2v) is 6.85. The van der Waals surface area contributed by atoms with Crippen LogP contribution < -0.4 is 4.74 Å². The fraction of sp³-hybridized carbons (Fsp3) is 0.556. The lowest BCUT2D eigenvalue weighted by Gasteiger charge is -2.38. The van der Waals surface area contributed by atoms with Crippen LogP contribution in [0.25, 0.3) is 0 Å². The Labute approximate surface area is 149 Å². The first-order chi connectivity index (χ1) is 12.1. The summed E-state index contributed by atoms with van der Waals surface area (Å²) in [5.74, 6) is -1.85. The van der Waals surface area contributed by atoms with E-state index in [1.807, 2.05) is 13.8 Å². The second kappa shape index (κ2) is 6.57. The van der Waals surface area contributed by atoms with Gasteiger partial charge >= 0.3 is 6.18 Å². The van der Waals surface area contributed by atoms with Crippen LogP contribution in [0.1, 0.15) is 36.8 Å². The van der Waals surface area contributed by atoms with Gasteiger partial charge in [0.15, 0.2) is 6.61 Å². The zero-order valence-corrected chi connectivity index (χ0v) is 14.6. The zero-order valence-electron chi connectivity index (χ0n) is 14.6. The van der Waals surface area contributed by atoms with Gasteiger partial charge in [-0.25, -0.2) is 0 Å². The third-order valence-corrected chi connectivity index (χ3v) is 5.11. The van der Waals surface area contributed by atoms with Gasteiger partial charge in [0.05, 0.1) is 5.92 Å². The molecule has 26 heavy (non-hydrogen) atoms. The normalized spacial score (nSPS) is 25.7. The van der Waals surface area contributed by atoms with Gasteiger partial charge in [-0.3, -0.25) is 4.79 Å². The molecule has 0 aromatic heterocycles. The van der Waals surface area contributed by atoms with E-state index in [2.05, 4.69) is 5.10 Å². The van der Waals surface area contributed by atoms with Crippen molar-refractivity contribution in [2.75, 3.05) is 6.61 Å². The van der Waals surface area contributed by atoms with E-state index < -0.39 is 30.3 Å². The molecule has 0 bridgehead atoms. The number of aliphatic hydroxyl groups is 1. The van der Waals surface area contributed by atoms with Crippen molar-refractivity contribution in [1.29, 1.82) is 0 Å². The predicted octanol–water partition coefficient (Wildman–Crippen LogP) is 3.32. The average Bonchev–Trinajstić information content (AvgIpc) is 2.90. The average molecular weight is 370 g/mol. The minimum Gasteiger partial charge on any atom is -0.484 e. The molecule has 3 rings (SSSR count). The zero-order chi connectivity index (χ0) is 19.1. The maximum absolute atomic E-state index is 13.6. The van der Waals surface area contributed by atoms with Gasteiger partial charge in [-0.15, -0.1) is 0 Å². The minimum absolute atomic E-state index is 0.149. The summed E-state index contributed by atoms with van der Waals surface area (Å²) in [4.78, 5) is 12.4. The molecule has 0 radical (unpaired) electrons. The summed E-state index contributed by atoms with van der Waals surface area (Å²) in [5.41, 5.74) is -1.10. The minimum atomic E-state index is -5.00. The molecule has 1 aromatic rings. The standard InChI is InChI=1S/C18H21F3N2O3/c1-11-7-8-13(9-12(11)2)26-10-16(24)23-17(25,18(19,20)21)14-5-3-4-6-15(14)22-23/h7-9,14,25H,3-6,10H2,1-2H3. The lowest BCUT2D eigenvalue weighted by molar-refractivity contribution is -0.317. The molecular formula is C18H21F3N2O3. The highest BCUT2D eigenvalue weighted by molar-refractivity contribution is 5.93. The van der Waals surface area contributed by atoms with Gasteiger partial charge in [-0.05, 0) is 56.4 Å². The Morgan fingerprint density at radius 2 is 2.08 bits per heavy atom. The van der Waals surface area contributed by atoms with Crippen LogP contribution in [0.2, 0.25) is 0 Å². The van der Waals surface area contributed by atoms with E-state index in [4.69, 9.17) is 4.74 Å². The first kappa shape index (κ1) is 18.7. The van der Waals surface area contributed by atoms with Crippen molar-refractivity contribution in [1.82, 2.24) is 5.01 Å². The number of hydrazone groups is 1. The van der Waals surface area contributed by atoms with Crippen molar-refractivity contribution < 1.29 is 27.8 Å². The number of alkyl halides is 3. The number of hydrogen-bond donors (Lipinski definition) is 1. The van der Waals surface area contributed by atoms with Crippen LogP contribution in [0, 0.1) is 19.8 Å². The van der Waals surface area contributed by atoms with Crippen LogP contribution in [-0.4, -0.2) is 40.2 Å². The number of amides is 1. The van der Waals surface area contributed by atoms with Crippen LogP contribution >= 0.6 is 0 Å². The molecule has 2 unspecified atom stereocenters. The third kappa shape index (κ3) is 3.06. The SMILES string of the molecule is Cc1ccc(OCC(=O)N2N=C3CCCCC3C2(O)C(F)(F)F)cc1C. The summed E-state index contributed by atoms with van der Waals surface area (Å²) < 4.78 is 46.2. The lowest BCUT2D eigenvalue weighted by atomic mass is 9.80. The number of carbonyl (C=O) groups is 1. The molecule has 142 valence electrons. The number of nitrogens with zero attached hydrogens (tertiary/aromatic N) is 2. The first-order valence-electron chi connectivity index (χ1n) is 8.54. The predicted molar refractivity (Wildman–Crippen MR) is 88.7 cm³/mol. The smallest absolute Gasteiger partial charge is 0.439 e. The maximum atomic E-state index is 13.6. The van der Waals surface area contributed by atoms with Crippen LogP contribution in [0.3, 0.4) is 0 Å². The molecule has 1 aliphatic carbocycles. The summed E-state index contributed by atoms with van der Waals surface area (Å²) in [5, 5.41) is 14.4. The van der Waals surface area contributed by atoms with Crippen molar-refractivity contribution in [3.05, 3.63) is 29.3 Å². The summed E-state index contributed by atoms with van der Waals surface area (Å²) in [6, 6.07) is 5.14. The van der Waals surface area contributed by atoms with E-state index in [0.29, 0.717) is 25.0 Å². The van der Waals surface area contributed by atoms with Gasteiger partial charge in [0.1, 0.15) is 5.75 Å². The number of aryl methyl sites for hydroxylation is 2. The highest BCUT2D eigenvalue weighted by Crippen LogP contribution is 2.48. The monoisotopic (exact) mass is 370 g/mol. The van der Waals surface area contributed by atoms with Gasteiger partial charge in [0, 0.05) is 5.71 Å². The molecule has 1 amide bonds. The highest BCUT2D eigenvalue weighted by atomic mass is 19.4. The van der Waals surface area contributed by atoms with Crippen LogP contribution in [-0.2, 0) is 4.79 Å². The Hall–Kier alpha value is -2.09. The summed E-state index contributed by atoms with van der Waals surface area (Å²) in [7, 11) is 0. The molecule has 8 heteroatoms. The number of rotatable bonds is 3. The summed E-state index contributed by atoms with van der Waals surface area (Å²) in [6.45, 7) is 3.14. The first-order valence-corrected chi connectivity index (χ1v) is 8.54. The molecule has 1 aliphatic heterocycles. The van der Waals surface area contributed by atoms with E-state index in [-0.39, 0.29) is 17.1 Å². The number of benzene rings is 1. The van der Waals surface area contributed by atoms with E-state index >= 15 is 0 Å². The Kier molecular flexibility index (Phi) is 4.72. The second-order valence-electron chi connectivity index (χ2n) is 6.85. The van der Waals surface area contributed by atoms with E-state index in [0.717, 1.165) is 11.1 Å². The third-order valence-electron chi connectivity index (χ3n) is 5.11. The Morgan fingerprint density at radius 3 is 2.73 bits per heavy atom. The van der Waals surface area contributed by atoms with Gasteiger partial charge < -0.3 is 9.84 Å². The van der Waals surface area contributed by atoms with Gasteiger partial charge in [-0.1, -0.05) is 12.5 Å². The quantitative estimate of drug-likeness (QED) is 0.888. The number of fused-ring (bicyclic) bond motifs is 1. The van der Waals surface area contributed by atoms with Crippen molar-refractivity contribution in [2.24, 2.45) is 11.0 Å². The summed E-state index contributed by atoms with van der Waals surface area (Å²) >= 11 is 0. The van der Waals surface area contributed by atoms with Gasteiger partial charge in [-0.2, -0.15) is 23.3 Å². The fourth-order valence-electron chi connectivity index (χ4n) is 3.47. The molecule has 0 spiro atoms. The Bertz CT molecular complexity index is 748. The van der Waals surface area contributed by atoms with Crippen LogP contribution in [0.4, 0.5) is 13.2 Å². The molecular weight excluding hydrogens is 349 g/mol. The van der Waals surface area contributed by atoms with Crippen molar-refractivity contribution in [3.8, 4) is 5.75 Å². The number of hydrogen-bond acceptors (Lipinski definition) is 4. The maximum Gasteiger partial charge on any atom is 0.439 e. The largest absolute Gasteiger partial charge is 0.484 e. The molecule has 1 N–H and O–H groups in total. The van der Waals surface area contributed by atoms with Crippen molar-refractivity contribution >= 4 is 11.6 Å². The lowest BCUT2D eigenvalue weighted by Crippen LogP contribution is -2.62. The molecule has 2 atom stereocenters. The Morgan fingerprint density at radius 1 is 1.35 bits per heavy atom. The van der Waals surface area contributed by atoms with E-state index in [1.54, 1.807) is 18.2 Å². The highest BCUT2D eigenvalue weighted by Gasteiger charge is 2.68. The molecule has 1 heterocycles.